The Morgan fingerprint density at radius 3 is 2.42 bits per heavy atom. The highest BCUT2D eigenvalue weighted by Gasteiger charge is 2.48. The van der Waals surface area contributed by atoms with E-state index in [0.717, 1.165) is 24.2 Å². The molecule has 0 spiro atoms. The van der Waals surface area contributed by atoms with Crippen LogP contribution in [-0.2, 0) is 14.3 Å². The van der Waals surface area contributed by atoms with Gasteiger partial charge in [-0.25, -0.2) is 9.78 Å². The van der Waals surface area contributed by atoms with Gasteiger partial charge in [0.25, 0.3) is 5.78 Å². The fourth-order valence-electron chi connectivity index (χ4n) is 4.21. The van der Waals surface area contributed by atoms with Crippen molar-refractivity contribution < 1.29 is 33.7 Å². The first kappa shape index (κ1) is 28.6. The number of carbonyl (C=O) groups is 3. The van der Waals surface area contributed by atoms with Gasteiger partial charge >= 0.3 is 11.9 Å². The summed E-state index contributed by atoms with van der Waals surface area (Å²) in [7, 11) is 1.53. The molecule has 2 heterocycles. The normalized spacial score (nSPS) is 16.2. The molecule has 0 saturated carbocycles. The fourth-order valence-corrected chi connectivity index (χ4v) is 5.19. The van der Waals surface area contributed by atoms with E-state index in [1.807, 2.05) is 0 Å². The van der Waals surface area contributed by atoms with Gasteiger partial charge in [-0.1, -0.05) is 49.5 Å². The molecule has 1 amide bonds. The standard InChI is InChI=1S/C30H30N2O7S/c1-5-7-17-38-22-14-10-20(11-15-22)25(33)23-24(19-8-12-21(37-4)13-9-19)32(28(35)26(23)34)30-31-18(3)27(40-30)29(36)39-16-6-2/h6,8-15,24,33H,2,5,7,16-17H2,1,3-4H3. The van der Waals surface area contributed by atoms with Crippen LogP contribution in [0.4, 0.5) is 5.13 Å². The van der Waals surface area contributed by atoms with Crippen molar-refractivity contribution in [2.75, 3.05) is 25.2 Å². The first-order valence-corrected chi connectivity index (χ1v) is 13.6. The van der Waals surface area contributed by atoms with Crippen LogP contribution in [0.2, 0.25) is 0 Å². The molecule has 3 aromatic rings. The monoisotopic (exact) mass is 562 g/mol. The first-order valence-electron chi connectivity index (χ1n) is 12.7. The molecular weight excluding hydrogens is 532 g/mol. The number of anilines is 1. The SMILES string of the molecule is C=CCOC(=O)c1sc(N2C(=O)C(=O)C(=C(O)c3ccc(OCCCC)cc3)C2c2ccc(OC)cc2)nc1C. The van der Waals surface area contributed by atoms with Crippen molar-refractivity contribution in [1.82, 2.24) is 4.98 Å². The molecule has 10 heteroatoms. The maximum Gasteiger partial charge on any atom is 0.350 e. The lowest BCUT2D eigenvalue weighted by Gasteiger charge is -2.23. The van der Waals surface area contributed by atoms with Gasteiger partial charge in [-0.2, -0.15) is 0 Å². The molecule has 1 unspecified atom stereocenters. The molecule has 0 aliphatic carbocycles. The van der Waals surface area contributed by atoms with Gasteiger partial charge < -0.3 is 19.3 Å². The van der Waals surface area contributed by atoms with Crippen LogP contribution in [0.3, 0.4) is 0 Å². The highest BCUT2D eigenvalue weighted by molar-refractivity contribution is 7.17. The Morgan fingerprint density at radius 2 is 1.80 bits per heavy atom. The van der Waals surface area contributed by atoms with Gasteiger partial charge in [0, 0.05) is 5.56 Å². The third-order valence-corrected chi connectivity index (χ3v) is 7.42. The number of aryl methyl sites for hydroxylation is 1. The number of ketones is 1. The number of nitrogens with zero attached hydrogens (tertiary/aromatic N) is 2. The Labute approximate surface area is 236 Å². The van der Waals surface area contributed by atoms with Gasteiger partial charge in [-0.05, 0) is 55.3 Å². The molecule has 208 valence electrons. The largest absolute Gasteiger partial charge is 0.507 e. The zero-order valence-corrected chi connectivity index (χ0v) is 23.3. The van der Waals surface area contributed by atoms with Gasteiger partial charge in [0.15, 0.2) is 5.13 Å². The maximum atomic E-state index is 13.4. The number of methoxy groups -OCH3 is 1. The number of ether oxygens (including phenoxy) is 3. The second-order valence-corrected chi connectivity index (χ2v) is 9.94. The number of esters is 1. The van der Waals surface area contributed by atoms with Gasteiger partial charge in [-0.3, -0.25) is 14.5 Å². The average Bonchev–Trinajstić information content (AvgIpc) is 3.48. The van der Waals surface area contributed by atoms with Crippen molar-refractivity contribution in [3.63, 3.8) is 0 Å². The molecule has 1 aliphatic rings. The summed E-state index contributed by atoms with van der Waals surface area (Å²) < 4.78 is 16.1. The second kappa shape index (κ2) is 12.6. The molecule has 1 saturated heterocycles. The van der Waals surface area contributed by atoms with E-state index in [9.17, 15) is 19.5 Å². The number of aromatic nitrogens is 1. The Balaban J connectivity index is 1.80. The van der Waals surface area contributed by atoms with Crippen LogP contribution in [0, 0.1) is 6.92 Å². The Hall–Kier alpha value is -4.44. The van der Waals surface area contributed by atoms with E-state index in [-0.39, 0.29) is 27.9 Å². The smallest absolute Gasteiger partial charge is 0.350 e. The number of amides is 1. The van der Waals surface area contributed by atoms with Crippen molar-refractivity contribution in [2.24, 2.45) is 0 Å². The molecule has 1 atom stereocenters. The van der Waals surface area contributed by atoms with Crippen LogP contribution in [-0.4, -0.2) is 48.1 Å². The van der Waals surface area contributed by atoms with Crippen molar-refractivity contribution in [3.05, 3.63) is 88.5 Å². The Morgan fingerprint density at radius 1 is 1.12 bits per heavy atom. The lowest BCUT2D eigenvalue weighted by atomic mass is 9.95. The quantitative estimate of drug-likeness (QED) is 0.0801. The van der Waals surface area contributed by atoms with E-state index >= 15 is 0 Å². The topological polar surface area (TPSA) is 115 Å². The van der Waals surface area contributed by atoms with Crippen LogP contribution in [0.15, 0.2) is 66.8 Å². The third kappa shape index (κ3) is 5.76. The van der Waals surface area contributed by atoms with E-state index in [1.54, 1.807) is 55.5 Å². The van der Waals surface area contributed by atoms with Crippen LogP contribution < -0.4 is 14.4 Å². The molecule has 40 heavy (non-hydrogen) atoms. The predicted molar refractivity (Wildman–Crippen MR) is 152 cm³/mol. The molecule has 0 radical (unpaired) electrons. The zero-order chi connectivity index (χ0) is 28.8. The molecule has 1 fully saturated rings. The number of aliphatic hydroxyl groups excluding tert-OH is 1. The minimum absolute atomic E-state index is 0.0182. The highest BCUT2D eigenvalue weighted by atomic mass is 32.1. The lowest BCUT2D eigenvalue weighted by molar-refractivity contribution is -0.132. The van der Waals surface area contributed by atoms with Crippen molar-refractivity contribution in [2.45, 2.75) is 32.7 Å². The van der Waals surface area contributed by atoms with Gasteiger partial charge in [0.05, 0.1) is 31.0 Å². The van der Waals surface area contributed by atoms with E-state index in [2.05, 4.69) is 18.5 Å². The summed E-state index contributed by atoms with van der Waals surface area (Å²) in [6.45, 7) is 7.82. The summed E-state index contributed by atoms with van der Waals surface area (Å²) in [5.41, 5.74) is 1.15. The average molecular weight is 563 g/mol. The number of unbranched alkanes of at least 4 members (excludes halogenated alkanes) is 1. The molecule has 2 aromatic carbocycles. The fraction of sp³-hybridized carbons (Fsp3) is 0.267. The van der Waals surface area contributed by atoms with E-state index in [0.29, 0.717) is 34.9 Å². The van der Waals surface area contributed by atoms with Crippen molar-refractivity contribution >= 4 is 39.9 Å². The summed E-state index contributed by atoms with van der Waals surface area (Å²) >= 11 is 0.936. The van der Waals surface area contributed by atoms with Crippen LogP contribution in [0.25, 0.3) is 5.76 Å². The minimum atomic E-state index is -1.01. The molecule has 1 aromatic heterocycles. The predicted octanol–water partition coefficient (Wildman–Crippen LogP) is 5.61. The number of Topliss-reactive ketones (excluding diaryl/α,β-unsaturated/α-hetero) is 1. The van der Waals surface area contributed by atoms with E-state index in [4.69, 9.17) is 14.2 Å². The number of carbonyl (C=O) groups excluding carboxylic acids is 3. The summed E-state index contributed by atoms with van der Waals surface area (Å²) in [4.78, 5) is 45.3. The molecule has 1 N–H and O–H groups in total. The van der Waals surface area contributed by atoms with Gasteiger partial charge in [0.1, 0.15) is 28.7 Å². The molecule has 4 rings (SSSR count). The molecule has 0 bridgehead atoms. The zero-order valence-electron chi connectivity index (χ0n) is 22.5. The number of aliphatic hydroxyl groups is 1. The van der Waals surface area contributed by atoms with E-state index in [1.165, 1.54) is 18.1 Å². The van der Waals surface area contributed by atoms with Gasteiger partial charge in [-0.15, -0.1) is 0 Å². The van der Waals surface area contributed by atoms with Crippen LogP contribution in [0.1, 0.15) is 52.3 Å². The second-order valence-electron chi connectivity index (χ2n) is 8.97. The Kier molecular flexibility index (Phi) is 9.00. The van der Waals surface area contributed by atoms with Crippen LogP contribution >= 0.6 is 11.3 Å². The van der Waals surface area contributed by atoms with Gasteiger partial charge in [0.2, 0.25) is 0 Å². The molecule has 1 aliphatic heterocycles. The van der Waals surface area contributed by atoms with Crippen LogP contribution in [0.5, 0.6) is 11.5 Å². The summed E-state index contributed by atoms with van der Waals surface area (Å²) in [5.74, 6) is -1.48. The summed E-state index contributed by atoms with van der Waals surface area (Å²) in [5, 5.41) is 11.5. The Bertz CT molecular complexity index is 1440. The first-order chi connectivity index (χ1) is 19.3. The third-order valence-electron chi connectivity index (χ3n) is 6.28. The number of hydrogen-bond donors (Lipinski definition) is 1. The van der Waals surface area contributed by atoms with Crippen molar-refractivity contribution in [3.8, 4) is 11.5 Å². The summed E-state index contributed by atoms with van der Waals surface area (Å²) in [6.07, 6.45) is 3.36. The molecule has 9 nitrogen and oxygen atoms in total. The highest BCUT2D eigenvalue weighted by Crippen LogP contribution is 2.44. The molecular formula is C30H30N2O7S. The summed E-state index contributed by atoms with van der Waals surface area (Å²) in [6, 6.07) is 12.5. The minimum Gasteiger partial charge on any atom is -0.507 e. The number of rotatable bonds is 11. The van der Waals surface area contributed by atoms with Crippen molar-refractivity contribution in [1.29, 1.82) is 0 Å². The number of thiazole rings is 1. The maximum absolute atomic E-state index is 13.4. The number of hydrogen-bond acceptors (Lipinski definition) is 9. The number of benzene rings is 2. The van der Waals surface area contributed by atoms with E-state index < -0.39 is 23.7 Å². The lowest BCUT2D eigenvalue weighted by Crippen LogP contribution is -2.29.